The number of hydrogen-bond donors (Lipinski definition) is 0. The van der Waals surface area contributed by atoms with Gasteiger partial charge in [-0.25, -0.2) is 0 Å². The van der Waals surface area contributed by atoms with E-state index >= 15 is 0 Å². The Labute approximate surface area is 274 Å². The lowest BCUT2D eigenvalue weighted by atomic mass is 9.63. The first-order valence-electron chi connectivity index (χ1n) is 16.7. The lowest BCUT2D eigenvalue weighted by molar-refractivity contribution is -0.119. The molecule has 1 saturated carbocycles. The average molecular weight is 630 g/mol. The molecular weight excluding hydrogens is 582 g/mol. The summed E-state index contributed by atoms with van der Waals surface area (Å²) in [7, 11) is 1.61. The number of halogens is 1. The molecule has 240 valence electrons. The molecule has 0 amide bonds. The molecule has 2 aromatic carbocycles. The Bertz CT molecular complexity index is 1550. The van der Waals surface area contributed by atoms with Gasteiger partial charge in [-0.1, -0.05) is 76.8 Å². The Morgan fingerprint density at radius 2 is 1.42 bits per heavy atom. The molecule has 1 aliphatic heterocycles. The third-order valence-electron chi connectivity index (χ3n) is 10.4. The van der Waals surface area contributed by atoms with Crippen molar-refractivity contribution in [3.05, 3.63) is 80.1 Å². The van der Waals surface area contributed by atoms with E-state index < -0.39 is 5.92 Å². The van der Waals surface area contributed by atoms with E-state index in [1.165, 1.54) is 30.4 Å². The second kappa shape index (κ2) is 12.0. The molecule has 0 unspecified atom stereocenters. The van der Waals surface area contributed by atoms with Crippen LogP contribution < -0.4 is 9.47 Å². The Kier molecular flexibility index (Phi) is 8.48. The van der Waals surface area contributed by atoms with Gasteiger partial charge >= 0.3 is 0 Å². The van der Waals surface area contributed by atoms with E-state index in [4.69, 9.17) is 21.1 Å². The summed E-state index contributed by atoms with van der Waals surface area (Å²) >= 11 is 7.00. The molecule has 0 atom stereocenters. The van der Waals surface area contributed by atoms with Gasteiger partial charge in [0.25, 0.3) is 0 Å². The summed E-state index contributed by atoms with van der Waals surface area (Å²) in [6, 6.07) is 10.4. The summed E-state index contributed by atoms with van der Waals surface area (Å²) < 4.78 is 12.1. The number of methoxy groups -OCH3 is 1. The molecule has 0 radical (unpaired) electrons. The largest absolute Gasteiger partial charge is 0.493 e. The zero-order valence-corrected chi connectivity index (χ0v) is 28.8. The normalized spacial score (nSPS) is 22.0. The van der Waals surface area contributed by atoms with Crippen LogP contribution in [0, 0.1) is 24.7 Å². The number of rotatable bonds is 6. The maximum Gasteiger partial charge on any atom is 0.180 e. The van der Waals surface area contributed by atoms with Crippen LogP contribution in [0.1, 0.15) is 114 Å². The number of allylic oxidation sites excluding steroid dienone is 4. The fraction of sp³-hybridized carbons (Fsp3) is 0.538. The topological polar surface area (TPSA) is 55.8 Å². The number of nitrogens with zero attached hydrogens (tertiary/aromatic N) is 1. The second-order valence-electron chi connectivity index (χ2n) is 15.4. The van der Waals surface area contributed by atoms with Gasteiger partial charge in [-0.15, -0.1) is 0 Å². The molecule has 5 nitrogen and oxygen atoms in total. The quantitative estimate of drug-likeness (QED) is 0.318. The van der Waals surface area contributed by atoms with Gasteiger partial charge in [0, 0.05) is 47.3 Å². The highest BCUT2D eigenvalue weighted by molar-refractivity contribution is 6.32. The summed E-state index contributed by atoms with van der Waals surface area (Å²) in [5.41, 5.74) is 7.83. The number of aryl methyl sites for hydroxylation is 2. The van der Waals surface area contributed by atoms with Crippen LogP contribution >= 0.6 is 11.6 Å². The SMILES string of the molecule is COc1cc(C2C3=C(CC(C)(C)CC3=O)N(C3CCCCC3)C3=C2C(=O)CC(C)(C)C3)cc(Cl)c1OCc1ccc(C)c(C)c1. The number of ketones is 2. The molecule has 0 N–H and O–H groups in total. The third-order valence-corrected chi connectivity index (χ3v) is 10.7. The maximum atomic E-state index is 14.3. The van der Waals surface area contributed by atoms with Crippen molar-refractivity contribution in [2.24, 2.45) is 10.8 Å². The van der Waals surface area contributed by atoms with E-state index in [2.05, 4.69) is 64.6 Å². The predicted octanol–water partition coefficient (Wildman–Crippen LogP) is 9.56. The molecular formula is C39H48ClNO4. The van der Waals surface area contributed by atoms with Crippen molar-refractivity contribution >= 4 is 23.2 Å². The molecule has 0 saturated heterocycles. The first kappa shape index (κ1) is 31.9. The standard InChI is InChI=1S/C39H48ClNO4/c1-23-13-14-25(15-24(23)2)22-45-37-28(40)16-26(17-33(37)44-7)34-35-29(18-38(3,4)20-31(35)42)41(27-11-9-8-10-12-27)30-19-39(5,6)21-32(43)36(30)34/h13-17,27,34H,8-12,18-22H2,1-7H3. The molecule has 0 aromatic heterocycles. The van der Waals surface area contributed by atoms with Crippen molar-refractivity contribution in [1.29, 1.82) is 0 Å². The Morgan fingerprint density at radius 1 is 0.822 bits per heavy atom. The molecule has 6 rings (SSSR count). The van der Waals surface area contributed by atoms with Gasteiger partial charge in [-0.05, 0) is 84.7 Å². The third kappa shape index (κ3) is 6.10. The van der Waals surface area contributed by atoms with Crippen LogP contribution in [0.2, 0.25) is 5.02 Å². The number of benzene rings is 2. The van der Waals surface area contributed by atoms with E-state index in [-0.39, 0.29) is 22.4 Å². The molecule has 3 aliphatic carbocycles. The fourth-order valence-corrected chi connectivity index (χ4v) is 8.48. The van der Waals surface area contributed by atoms with Crippen LogP contribution in [0.5, 0.6) is 11.5 Å². The first-order chi connectivity index (χ1) is 21.3. The van der Waals surface area contributed by atoms with Gasteiger partial charge in [-0.3, -0.25) is 9.59 Å². The van der Waals surface area contributed by atoms with E-state index in [1.807, 2.05) is 12.1 Å². The molecule has 45 heavy (non-hydrogen) atoms. The van der Waals surface area contributed by atoms with Gasteiger partial charge in [0.2, 0.25) is 0 Å². The summed E-state index contributed by atoms with van der Waals surface area (Å²) in [5.74, 6) is 0.786. The zero-order chi connectivity index (χ0) is 32.3. The minimum absolute atomic E-state index is 0.140. The summed E-state index contributed by atoms with van der Waals surface area (Å²) in [6.45, 7) is 13.3. The number of ether oxygens (including phenoxy) is 2. The van der Waals surface area contributed by atoms with Gasteiger partial charge < -0.3 is 14.4 Å². The summed E-state index contributed by atoms with van der Waals surface area (Å²) in [4.78, 5) is 31.0. The highest BCUT2D eigenvalue weighted by Gasteiger charge is 2.50. The van der Waals surface area contributed by atoms with E-state index in [0.29, 0.717) is 42.0 Å². The number of carbonyl (C=O) groups is 2. The van der Waals surface area contributed by atoms with Crippen LogP contribution in [0.4, 0.5) is 0 Å². The van der Waals surface area contributed by atoms with Crippen LogP contribution in [0.25, 0.3) is 0 Å². The van der Waals surface area contributed by atoms with Crippen molar-refractivity contribution in [3.8, 4) is 11.5 Å². The van der Waals surface area contributed by atoms with Crippen molar-refractivity contribution in [2.75, 3.05) is 7.11 Å². The highest BCUT2D eigenvalue weighted by atomic mass is 35.5. The first-order valence-corrected chi connectivity index (χ1v) is 17.0. The van der Waals surface area contributed by atoms with Gasteiger partial charge in [0.1, 0.15) is 6.61 Å². The number of hydrogen-bond acceptors (Lipinski definition) is 5. The lowest BCUT2D eigenvalue weighted by Gasteiger charge is -2.52. The van der Waals surface area contributed by atoms with Crippen LogP contribution in [-0.2, 0) is 16.2 Å². The van der Waals surface area contributed by atoms with Crippen LogP contribution in [0.15, 0.2) is 52.9 Å². The number of Topliss-reactive ketones (excluding diaryl/α,β-unsaturated/α-hetero) is 2. The average Bonchev–Trinajstić information content (AvgIpc) is 2.96. The van der Waals surface area contributed by atoms with Gasteiger partial charge in [0.15, 0.2) is 23.1 Å². The second-order valence-corrected chi connectivity index (χ2v) is 15.8. The van der Waals surface area contributed by atoms with Crippen molar-refractivity contribution in [2.45, 2.75) is 118 Å². The smallest absolute Gasteiger partial charge is 0.180 e. The predicted molar refractivity (Wildman–Crippen MR) is 180 cm³/mol. The lowest BCUT2D eigenvalue weighted by Crippen LogP contribution is -2.48. The van der Waals surface area contributed by atoms with Crippen molar-refractivity contribution in [3.63, 3.8) is 0 Å². The molecule has 0 spiro atoms. The highest BCUT2D eigenvalue weighted by Crippen LogP contribution is 2.56. The molecule has 1 heterocycles. The van der Waals surface area contributed by atoms with Crippen LogP contribution in [0.3, 0.4) is 0 Å². The zero-order valence-electron chi connectivity index (χ0n) is 28.1. The Morgan fingerprint density at radius 3 is 1.98 bits per heavy atom. The van der Waals surface area contributed by atoms with E-state index in [9.17, 15) is 9.59 Å². The van der Waals surface area contributed by atoms with E-state index in [0.717, 1.165) is 59.4 Å². The minimum Gasteiger partial charge on any atom is -0.493 e. The minimum atomic E-state index is -0.470. The van der Waals surface area contributed by atoms with Gasteiger partial charge in [0.05, 0.1) is 12.1 Å². The molecule has 1 fully saturated rings. The van der Waals surface area contributed by atoms with Gasteiger partial charge in [-0.2, -0.15) is 0 Å². The molecule has 6 heteroatoms. The van der Waals surface area contributed by atoms with E-state index in [1.54, 1.807) is 7.11 Å². The Balaban J connectivity index is 1.49. The monoisotopic (exact) mass is 629 g/mol. The summed E-state index contributed by atoms with van der Waals surface area (Å²) in [6.07, 6.45) is 8.35. The van der Waals surface area contributed by atoms with Crippen LogP contribution in [-0.4, -0.2) is 29.6 Å². The van der Waals surface area contributed by atoms with Crippen molar-refractivity contribution < 1.29 is 19.1 Å². The summed E-state index contributed by atoms with van der Waals surface area (Å²) in [5, 5.41) is 0.416. The Hall–Kier alpha value is -3.05. The molecule has 4 aliphatic rings. The molecule has 0 bridgehead atoms. The number of carbonyl (C=O) groups excluding carboxylic acids is 2. The maximum absolute atomic E-state index is 14.3. The fourth-order valence-electron chi connectivity index (χ4n) is 8.20. The van der Waals surface area contributed by atoms with Crippen molar-refractivity contribution in [1.82, 2.24) is 4.90 Å². The molecule has 2 aromatic rings.